The zero-order valence-electron chi connectivity index (χ0n) is 14.4. The number of rotatable bonds is 15. The molecule has 0 aliphatic heterocycles. The Morgan fingerprint density at radius 2 is 1.15 bits per heavy atom. The molecule has 0 saturated carbocycles. The molecule has 0 saturated heterocycles. The van der Waals surface area contributed by atoms with Crippen molar-refractivity contribution >= 4 is 7.92 Å². The molecule has 0 spiro atoms. The molecule has 2 atom stereocenters. The maximum atomic E-state index is 9.33. The zero-order chi connectivity index (χ0) is 15.1. The van der Waals surface area contributed by atoms with Gasteiger partial charge in [0, 0.05) is 0 Å². The standard InChI is InChI=1S/C18H39OP/c1-4-5-6-7-8-9-10-11-12-13-14-15-16-20(3)17-18(2)19/h18-19H,4-17H2,1-3H3. The second-order valence-electron chi connectivity index (χ2n) is 6.50. The van der Waals surface area contributed by atoms with Crippen LogP contribution in [0.4, 0.5) is 0 Å². The molecule has 122 valence electrons. The van der Waals surface area contributed by atoms with Gasteiger partial charge in [0.1, 0.15) is 0 Å². The van der Waals surface area contributed by atoms with Crippen molar-refractivity contribution in [2.45, 2.75) is 97.0 Å². The van der Waals surface area contributed by atoms with Crippen LogP contribution < -0.4 is 0 Å². The van der Waals surface area contributed by atoms with Gasteiger partial charge in [-0.15, -0.1) is 7.92 Å². The minimum absolute atomic E-state index is 0.0921. The molecule has 0 radical (unpaired) electrons. The van der Waals surface area contributed by atoms with Gasteiger partial charge in [-0.05, 0) is 32.3 Å². The number of hydrogen-bond donors (Lipinski definition) is 1. The number of unbranched alkanes of at least 4 members (excludes halogenated alkanes) is 11. The van der Waals surface area contributed by atoms with Gasteiger partial charge in [-0.3, -0.25) is 0 Å². The third-order valence-electron chi connectivity index (χ3n) is 3.97. The lowest BCUT2D eigenvalue weighted by Crippen LogP contribution is -2.05. The predicted octanol–water partition coefficient (Wildman–Crippen LogP) is 6.18. The largest absolute Gasteiger partial charge is 0.393 e. The minimum atomic E-state index is -0.0940. The Morgan fingerprint density at radius 3 is 1.55 bits per heavy atom. The van der Waals surface area contributed by atoms with Crippen LogP contribution in [-0.2, 0) is 0 Å². The van der Waals surface area contributed by atoms with Crippen LogP contribution in [0.3, 0.4) is 0 Å². The van der Waals surface area contributed by atoms with Crippen LogP contribution in [-0.4, -0.2) is 30.2 Å². The second kappa shape index (κ2) is 15.8. The predicted molar refractivity (Wildman–Crippen MR) is 95.3 cm³/mol. The summed E-state index contributed by atoms with van der Waals surface area (Å²) in [6.45, 7) is 6.54. The molecule has 0 heterocycles. The molecule has 0 rings (SSSR count). The summed E-state index contributed by atoms with van der Waals surface area (Å²) in [4.78, 5) is 0. The smallest absolute Gasteiger partial charge is 0.0551 e. The lowest BCUT2D eigenvalue weighted by atomic mass is 10.1. The molecular formula is C18H39OP. The molecule has 0 aromatic carbocycles. The first-order chi connectivity index (χ1) is 9.66. The average Bonchev–Trinajstić information content (AvgIpc) is 2.39. The Morgan fingerprint density at radius 1 is 0.750 bits per heavy atom. The Balaban J connectivity index is 3.06. The molecule has 0 aromatic rings. The summed E-state index contributed by atoms with van der Waals surface area (Å²) in [6, 6.07) is 0. The number of aliphatic hydroxyl groups excluding tert-OH is 1. The van der Waals surface area contributed by atoms with Gasteiger partial charge >= 0.3 is 0 Å². The molecule has 0 aromatic heterocycles. The Bertz CT molecular complexity index is 182. The van der Waals surface area contributed by atoms with E-state index in [2.05, 4.69) is 13.6 Å². The molecular weight excluding hydrogens is 263 g/mol. The zero-order valence-corrected chi connectivity index (χ0v) is 15.3. The van der Waals surface area contributed by atoms with Crippen LogP contribution in [0.1, 0.15) is 90.9 Å². The summed E-state index contributed by atoms with van der Waals surface area (Å²) in [5.41, 5.74) is 0. The molecule has 2 unspecified atom stereocenters. The van der Waals surface area contributed by atoms with E-state index in [1.54, 1.807) is 0 Å². The van der Waals surface area contributed by atoms with E-state index in [1.165, 1.54) is 83.2 Å². The first-order valence-electron chi connectivity index (χ1n) is 9.03. The highest BCUT2D eigenvalue weighted by molar-refractivity contribution is 7.56. The van der Waals surface area contributed by atoms with Crippen LogP contribution in [0.25, 0.3) is 0 Å². The molecule has 0 aliphatic rings. The van der Waals surface area contributed by atoms with Crippen molar-refractivity contribution in [2.24, 2.45) is 0 Å². The van der Waals surface area contributed by atoms with Gasteiger partial charge in [-0.25, -0.2) is 0 Å². The summed E-state index contributed by atoms with van der Waals surface area (Å²) in [7, 11) is 0.0921. The molecule has 0 aliphatic carbocycles. The van der Waals surface area contributed by atoms with E-state index in [9.17, 15) is 5.11 Å². The van der Waals surface area contributed by atoms with Gasteiger partial charge in [-0.2, -0.15) is 0 Å². The van der Waals surface area contributed by atoms with Crippen molar-refractivity contribution in [1.82, 2.24) is 0 Å². The van der Waals surface area contributed by atoms with Crippen LogP contribution in [0, 0.1) is 0 Å². The van der Waals surface area contributed by atoms with Crippen LogP contribution >= 0.6 is 7.92 Å². The normalized spacial score (nSPS) is 14.4. The lowest BCUT2D eigenvalue weighted by molar-refractivity contribution is 0.219. The lowest BCUT2D eigenvalue weighted by Gasteiger charge is -2.13. The highest BCUT2D eigenvalue weighted by Crippen LogP contribution is 2.32. The highest BCUT2D eigenvalue weighted by atomic mass is 31.1. The summed E-state index contributed by atoms with van der Waals surface area (Å²) in [5, 5.41) is 9.33. The fourth-order valence-corrected chi connectivity index (χ4v) is 4.61. The summed E-state index contributed by atoms with van der Waals surface area (Å²) in [5.74, 6) is 0. The van der Waals surface area contributed by atoms with Crippen LogP contribution in [0.2, 0.25) is 0 Å². The second-order valence-corrected chi connectivity index (χ2v) is 9.02. The van der Waals surface area contributed by atoms with Gasteiger partial charge in [0.15, 0.2) is 0 Å². The van der Waals surface area contributed by atoms with Gasteiger partial charge in [0.2, 0.25) is 0 Å². The van der Waals surface area contributed by atoms with E-state index in [-0.39, 0.29) is 14.0 Å². The first kappa shape index (κ1) is 20.4. The monoisotopic (exact) mass is 302 g/mol. The fraction of sp³-hybridized carbons (Fsp3) is 1.00. The quantitative estimate of drug-likeness (QED) is 0.283. The number of aliphatic hydroxyl groups is 1. The van der Waals surface area contributed by atoms with Crippen molar-refractivity contribution in [1.29, 1.82) is 0 Å². The summed E-state index contributed by atoms with van der Waals surface area (Å²) in [6.07, 6.45) is 19.4. The molecule has 1 nitrogen and oxygen atoms in total. The maximum absolute atomic E-state index is 9.33. The van der Waals surface area contributed by atoms with Crippen LogP contribution in [0.5, 0.6) is 0 Å². The van der Waals surface area contributed by atoms with Crippen LogP contribution in [0.15, 0.2) is 0 Å². The average molecular weight is 302 g/mol. The Kier molecular flexibility index (Phi) is 16.1. The molecule has 0 bridgehead atoms. The van der Waals surface area contributed by atoms with Crippen molar-refractivity contribution in [3.8, 4) is 0 Å². The fourth-order valence-electron chi connectivity index (χ4n) is 2.77. The highest BCUT2D eigenvalue weighted by Gasteiger charge is 2.04. The van der Waals surface area contributed by atoms with Crippen molar-refractivity contribution in [3.63, 3.8) is 0 Å². The maximum Gasteiger partial charge on any atom is 0.0551 e. The van der Waals surface area contributed by atoms with E-state index in [0.29, 0.717) is 0 Å². The molecule has 0 amide bonds. The summed E-state index contributed by atoms with van der Waals surface area (Å²) >= 11 is 0. The van der Waals surface area contributed by atoms with Gasteiger partial charge in [0.05, 0.1) is 6.10 Å². The van der Waals surface area contributed by atoms with E-state index in [1.807, 2.05) is 6.92 Å². The van der Waals surface area contributed by atoms with E-state index < -0.39 is 0 Å². The van der Waals surface area contributed by atoms with Gasteiger partial charge < -0.3 is 5.11 Å². The van der Waals surface area contributed by atoms with E-state index in [4.69, 9.17) is 0 Å². The van der Waals surface area contributed by atoms with Crippen molar-refractivity contribution in [2.75, 3.05) is 19.0 Å². The van der Waals surface area contributed by atoms with Crippen molar-refractivity contribution in [3.05, 3.63) is 0 Å². The van der Waals surface area contributed by atoms with Gasteiger partial charge in [0.25, 0.3) is 0 Å². The van der Waals surface area contributed by atoms with Crippen molar-refractivity contribution < 1.29 is 5.11 Å². The SMILES string of the molecule is CCCCCCCCCCCCCCP(C)CC(C)O. The first-order valence-corrected chi connectivity index (χ1v) is 11.2. The summed E-state index contributed by atoms with van der Waals surface area (Å²) < 4.78 is 0. The van der Waals surface area contributed by atoms with Gasteiger partial charge in [-0.1, -0.05) is 77.6 Å². The third-order valence-corrected chi connectivity index (χ3v) is 6.20. The Hall–Kier alpha value is 0.390. The topological polar surface area (TPSA) is 20.2 Å². The Labute approximate surface area is 129 Å². The number of hydrogen-bond acceptors (Lipinski definition) is 1. The third kappa shape index (κ3) is 16.4. The van der Waals surface area contributed by atoms with E-state index in [0.717, 1.165) is 6.16 Å². The molecule has 0 fully saturated rings. The molecule has 20 heavy (non-hydrogen) atoms. The molecule has 1 N–H and O–H groups in total. The molecule has 2 heteroatoms. The minimum Gasteiger partial charge on any atom is -0.393 e. The van der Waals surface area contributed by atoms with E-state index >= 15 is 0 Å².